The fourth-order valence-corrected chi connectivity index (χ4v) is 5.89. The number of aryl methyl sites for hydroxylation is 1. The second kappa shape index (κ2) is 10.7. The van der Waals surface area contributed by atoms with Crippen LogP contribution in [0.5, 0.6) is 0 Å². The predicted molar refractivity (Wildman–Crippen MR) is 143 cm³/mol. The van der Waals surface area contributed by atoms with Gasteiger partial charge in [-0.25, -0.2) is 8.42 Å². The fourth-order valence-electron chi connectivity index (χ4n) is 4.24. The van der Waals surface area contributed by atoms with E-state index >= 15 is 0 Å². The van der Waals surface area contributed by atoms with Gasteiger partial charge in [0.25, 0.3) is 10.0 Å². The van der Waals surface area contributed by atoms with Crippen molar-refractivity contribution in [3.8, 4) is 0 Å². The maximum Gasteiger partial charge on any atom is 0.264 e. The highest BCUT2D eigenvalue weighted by molar-refractivity contribution is 7.92. The lowest BCUT2D eigenvalue weighted by atomic mass is 10.1. The van der Waals surface area contributed by atoms with Crippen molar-refractivity contribution in [2.75, 3.05) is 34.2 Å². The lowest BCUT2D eigenvalue weighted by molar-refractivity contribution is -0.114. The number of nitrogens with zero attached hydrogens (tertiary/aromatic N) is 2. The topological polar surface area (TPSA) is 69.7 Å². The van der Waals surface area contributed by atoms with Gasteiger partial charge >= 0.3 is 0 Å². The Morgan fingerprint density at radius 1 is 0.943 bits per heavy atom. The van der Waals surface area contributed by atoms with E-state index in [2.05, 4.69) is 10.2 Å². The number of hydrogen-bond donors (Lipinski definition) is 1. The van der Waals surface area contributed by atoms with Crippen LogP contribution in [0.2, 0.25) is 5.02 Å². The minimum absolute atomic E-state index is 0.112. The molecule has 0 aromatic heterocycles. The molecular formula is C27H30ClN3O3S. The Labute approximate surface area is 212 Å². The molecule has 6 nitrogen and oxygen atoms in total. The number of carbonyl (C=O) groups is 1. The van der Waals surface area contributed by atoms with E-state index in [-0.39, 0.29) is 11.4 Å². The number of carbonyl (C=O) groups excluding carboxylic acids is 1. The predicted octanol–water partition coefficient (Wildman–Crippen LogP) is 5.78. The van der Waals surface area contributed by atoms with Gasteiger partial charge in [-0.3, -0.25) is 9.10 Å². The van der Waals surface area contributed by atoms with Crippen LogP contribution >= 0.6 is 11.6 Å². The zero-order chi connectivity index (χ0) is 25.0. The van der Waals surface area contributed by atoms with Gasteiger partial charge in [-0.15, -0.1) is 0 Å². The van der Waals surface area contributed by atoms with Gasteiger partial charge in [0.2, 0.25) is 5.91 Å². The Morgan fingerprint density at radius 2 is 1.60 bits per heavy atom. The van der Waals surface area contributed by atoms with E-state index in [0.717, 1.165) is 28.6 Å². The quantitative estimate of drug-likeness (QED) is 0.436. The van der Waals surface area contributed by atoms with Crippen LogP contribution in [-0.2, 0) is 14.8 Å². The third-order valence-corrected chi connectivity index (χ3v) is 8.46. The lowest BCUT2D eigenvalue weighted by Gasteiger charge is -2.29. The summed E-state index contributed by atoms with van der Waals surface area (Å²) in [5.74, 6) is -0.439. The highest BCUT2D eigenvalue weighted by Gasteiger charge is 2.29. The second-order valence-electron chi connectivity index (χ2n) is 8.85. The number of amides is 1. The van der Waals surface area contributed by atoms with Crippen molar-refractivity contribution in [2.24, 2.45) is 0 Å². The molecule has 1 aliphatic heterocycles. The first-order valence-corrected chi connectivity index (χ1v) is 13.6. The molecule has 0 spiro atoms. The van der Waals surface area contributed by atoms with E-state index in [0.29, 0.717) is 22.0 Å². The molecule has 3 aromatic carbocycles. The number of benzene rings is 3. The zero-order valence-electron chi connectivity index (χ0n) is 20.0. The van der Waals surface area contributed by atoms with Gasteiger partial charge in [0.1, 0.15) is 6.54 Å². The summed E-state index contributed by atoms with van der Waals surface area (Å²) in [4.78, 5) is 15.5. The van der Waals surface area contributed by atoms with E-state index in [4.69, 9.17) is 11.6 Å². The molecular weight excluding hydrogens is 482 g/mol. The highest BCUT2D eigenvalue weighted by Crippen LogP contribution is 2.31. The number of sulfonamides is 1. The average Bonchev–Trinajstić information content (AvgIpc) is 2.86. The van der Waals surface area contributed by atoms with E-state index in [1.54, 1.807) is 49.4 Å². The first-order chi connectivity index (χ1) is 16.8. The molecule has 1 aliphatic rings. The molecule has 35 heavy (non-hydrogen) atoms. The molecule has 0 bridgehead atoms. The van der Waals surface area contributed by atoms with Crippen LogP contribution in [0, 0.1) is 13.8 Å². The fraction of sp³-hybridized carbons (Fsp3) is 0.296. The summed E-state index contributed by atoms with van der Waals surface area (Å²) < 4.78 is 28.3. The lowest BCUT2D eigenvalue weighted by Crippen LogP contribution is -2.38. The molecule has 1 heterocycles. The number of halogens is 1. The molecule has 1 amide bonds. The molecule has 0 radical (unpaired) electrons. The molecule has 0 saturated carbocycles. The summed E-state index contributed by atoms with van der Waals surface area (Å²) in [5.41, 5.74) is 3.64. The van der Waals surface area contributed by atoms with Crippen molar-refractivity contribution < 1.29 is 13.2 Å². The van der Waals surface area contributed by atoms with Crippen molar-refractivity contribution in [2.45, 2.75) is 38.0 Å². The average molecular weight is 512 g/mol. The Balaban J connectivity index is 1.57. The molecule has 1 fully saturated rings. The third kappa shape index (κ3) is 5.80. The summed E-state index contributed by atoms with van der Waals surface area (Å²) in [6.45, 7) is 5.32. The van der Waals surface area contributed by atoms with Gasteiger partial charge in [-0.1, -0.05) is 35.4 Å². The van der Waals surface area contributed by atoms with Crippen LogP contribution in [0.25, 0.3) is 0 Å². The SMILES string of the molecule is Cc1ccc(S(=O)(=O)N(CC(=O)Nc2ccc(N3CCCCC3)cc2)c2cccc(Cl)c2C)cc1. The van der Waals surface area contributed by atoms with Crippen molar-refractivity contribution in [3.05, 3.63) is 82.9 Å². The van der Waals surface area contributed by atoms with Crippen molar-refractivity contribution in [1.29, 1.82) is 0 Å². The molecule has 1 saturated heterocycles. The molecule has 184 valence electrons. The highest BCUT2D eigenvalue weighted by atomic mass is 35.5. The van der Waals surface area contributed by atoms with Gasteiger partial charge in [0.15, 0.2) is 0 Å². The summed E-state index contributed by atoms with van der Waals surface area (Å²) in [5, 5.41) is 3.27. The number of nitrogens with one attached hydrogen (secondary N) is 1. The Morgan fingerprint density at radius 3 is 2.26 bits per heavy atom. The normalized spacial score (nSPS) is 14.0. The first-order valence-electron chi connectivity index (χ1n) is 11.7. The monoisotopic (exact) mass is 511 g/mol. The third-order valence-electron chi connectivity index (χ3n) is 6.28. The van der Waals surface area contributed by atoms with Crippen molar-refractivity contribution in [1.82, 2.24) is 0 Å². The maximum absolute atomic E-state index is 13.6. The zero-order valence-corrected chi connectivity index (χ0v) is 21.6. The summed E-state index contributed by atoms with van der Waals surface area (Å²) >= 11 is 6.29. The standard InChI is InChI=1S/C27H30ClN3O3S/c1-20-9-15-24(16-10-20)35(33,34)31(26-8-6-7-25(28)21(26)2)19-27(32)29-22-11-13-23(14-12-22)30-17-4-3-5-18-30/h6-16H,3-5,17-19H2,1-2H3,(H,29,32). The summed E-state index contributed by atoms with van der Waals surface area (Å²) in [7, 11) is -4.01. The van der Waals surface area contributed by atoms with Crippen LogP contribution in [0.15, 0.2) is 71.6 Å². The van der Waals surface area contributed by atoms with Crippen LogP contribution in [-0.4, -0.2) is 34.0 Å². The molecule has 0 atom stereocenters. The minimum Gasteiger partial charge on any atom is -0.372 e. The van der Waals surface area contributed by atoms with Crippen LogP contribution in [0.4, 0.5) is 17.1 Å². The number of piperidine rings is 1. The molecule has 8 heteroatoms. The molecule has 0 unspecified atom stereocenters. The molecule has 0 aliphatic carbocycles. The van der Waals surface area contributed by atoms with Crippen LogP contribution in [0.3, 0.4) is 0 Å². The van der Waals surface area contributed by atoms with E-state index in [1.807, 2.05) is 31.2 Å². The number of hydrogen-bond acceptors (Lipinski definition) is 4. The Hall–Kier alpha value is -3.03. The first kappa shape index (κ1) is 25.1. The van der Waals surface area contributed by atoms with E-state index in [9.17, 15) is 13.2 Å². The van der Waals surface area contributed by atoms with Gasteiger partial charge in [-0.2, -0.15) is 0 Å². The molecule has 4 rings (SSSR count). The van der Waals surface area contributed by atoms with E-state index in [1.165, 1.54) is 19.3 Å². The van der Waals surface area contributed by atoms with Gasteiger partial charge in [0.05, 0.1) is 10.6 Å². The van der Waals surface area contributed by atoms with Crippen molar-refractivity contribution in [3.63, 3.8) is 0 Å². The van der Waals surface area contributed by atoms with E-state index < -0.39 is 15.9 Å². The number of rotatable bonds is 7. The summed E-state index contributed by atoms with van der Waals surface area (Å²) in [6.07, 6.45) is 3.64. The molecule has 1 N–H and O–H groups in total. The van der Waals surface area contributed by atoms with Crippen molar-refractivity contribution >= 4 is 44.6 Å². The maximum atomic E-state index is 13.6. The molecule has 3 aromatic rings. The van der Waals surface area contributed by atoms with Gasteiger partial charge in [0, 0.05) is 29.5 Å². The smallest absolute Gasteiger partial charge is 0.264 e. The minimum atomic E-state index is -4.01. The Bertz CT molecular complexity index is 1290. The summed E-state index contributed by atoms with van der Waals surface area (Å²) in [6, 6.07) is 19.3. The Kier molecular flexibility index (Phi) is 7.67. The van der Waals surface area contributed by atoms with Crippen LogP contribution < -0.4 is 14.5 Å². The second-order valence-corrected chi connectivity index (χ2v) is 11.1. The largest absolute Gasteiger partial charge is 0.372 e. The van der Waals surface area contributed by atoms with Crippen LogP contribution in [0.1, 0.15) is 30.4 Å². The van der Waals surface area contributed by atoms with Gasteiger partial charge in [-0.05, 0) is 87.2 Å². The number of anilines is 3. The van der Waals surface area contributed by atoms with Gasteiger partial charge < -0.3 is 10.2 Å².